The standard InChI is InChI=1S/C9H8ClFN4O/c1-4(14-15-13)9(16)5-2-6(10)7(11)3-8(5)12/h2-4H,12H2,1H3. The number of carbonyl (C=O) groups is 1. The Morgan fingerprint density at radius 3 is 2.88 bits per heavy atom. The van der Waals surface area contributed by atoms with Gasteiger partial charge in [-0.05, 0) is 24.6 Å². The van der Waals surface area contributed by atoms with Crippen molar-refractivity contribution in [1.29, 1.82) is 0 Å². The molecule has 84 valence electrons. The molecule has 1 aromatic carbocycles. The molecule has 0 saturated carbocycles. The number of nitrogen functional groups attached to an aromatic ring is 1. The van der Waals surface area contributed by atoms with Crippen LogP contribution in [0.5, 0.6) is 0 Å². The highest BCUT2D eigenvalue weighted by molar-refractivity contribution is 6.31. The van der Waals surface area contributed by atoms with Gasteiger partial charge in [-0.2, -0.15) is 0 Å². The monoisotopic (exact) mass is 242 g/mol. The highest BCUT2D eigenvalue weighted by Crippen LogP contribution is 2.23. The van der Waals surface area contributed by atoms with E-state index in [2.05, 4.69) is 10.0 Å². The molecule has 1 aromatic rings. The number of azide groups is 1. The predicted octanol–water partition coefficient (Wildman–Crippen LogP) is 2.94. The third-order valence-electron chi connectivity index (χ3n) is 1.96. The lowest BCUT2D eigenvalue weighted by molar-refractivity contribution is 0.0969. The van der Waals surface area contributed by atoms with Gasteiger partial charge in [-0.1, -0.05) is 16.7 Å². The van der Waals surface area contributed by atoms with E-state index in [0.29, 0.717) is 0 Å². The van der Waals surface area contributed by atoms with E-state index in [9.17, 15) is 9.18 Å². The summed E-state index contributed by atoms with van der Waals surface area (Å²) in [7, 11) is 0. The molecule has 0 aliphatic rings. The molecule has 0 bridgehead atoms. The molecule has 1 unspecified atom stereocenters. The largest absolute Gasteiger partial charge is 0.398 e. The minimum absolute atomic E-state index is 0.0353. The van der Waals surface area contributed by atoms with E-state index in [1.165, 1.54) is 6.92 Å². The molecule has 5 nitrogen and oxygen atoms in total. The fourth-order valence-electron chi connectivity index (χ4n) is 1.13. The Morgan fingerprint density at radius 1 is 1.69 bits per heavy atom. The number of halogens is 2. The second-order valence-corrected chi connectivity index (χ2v) is 3.51. The molecule has 0 fully saturated rings. The molecule has 0 aromatic heterocycles. The Balaban J connectivity index is 3.18. The number of carbonyl (C=O) groups excluding carboxylic acids is 1. The quantitative estimate of drug-likeness (QED) is 0.290. The molecule has 0 radical (unpaired) electrons. The van der Waals surface area contributed by atoms with Crippen LogP contribution in [0, 0.1) is 5.82 Å². The first-order valence-corrected chi connectivity index (χ1v) is 4.68. The van der Waals surface area contributed by atoms with Crippen LogP contribution in [-0.2, 0) is 0 Å². The number of rotatable bonds is 3. The summed E-state index contributed by atoms with van der Waals surface area (Å²) in [5, 5.41) is 3.03. The molecule has 16 heavy (non-hydrogen) atoms. The van der Waals surface area contributed by atoms with Gasteiger partial charge in [0.15, 0.2) is 5.78 Å². The zero-order valence-electron chi connectivity index (χ0n) is 8.32. The van der Waals surface area contributed by atoms with E-state index in [0.717, 1.165) is 12.1 Å². The van der Waals surface area contributed by atoms with Gasteiger partial charge in [0.05, 0.1) is 11.1 Å². The number of ketones is 1. The van der Waals surface area contributed by atoms with Crippen LogP contribution in [0.15, 0.2) is 17.2 Å². The van der Waals surface area contributed by atoms with Crippen molar-refractivity contribution >= 4 is 23.1 Å². The number of anilines is 1. The lowest BCUT2D eigenvalue weighted by atomic mass is 10.0. The topological polar surface area (TPSA) is 91.9 Å². The first kappa shape index (κ1) is 12.3. The zero-order chi connectivity index (χ0) is 12.3. The number of benzene rings is 1. The van der Waals surface area contributed by atoms with E-state index in [4.69, 9.17) is 22.9 Å². The maximum Gasteiger partial charge on any atom is 0.173 e. The summed E-state index contributed by atoms with van der Waals surface area (Å²) in [4.78, 5) is 14.2. The van der Waals surface area contributed by atoms with Gasteiger partial charge in [0.25, 0.3) is 0 Å². The van der Waals surface area contributed by atoms with Crippen LogP contribution in [0.4, 0.5) is 10.1 Å². The number of Topliss-reactive ketones (excluding diaryl/α,β-unsaturated/α-hetero) is 1. The van der Waals surface area contributed by atoms with Crippen LogP contribution >= 0.6 is 11.6 Å². The lowest BCUT2D eigenvalue weighted by Crippen LogP contribution is -2.16. The molecule has 0 amide bonds. The van der Waals surface area contributed by atoms with Gasteiger partial charge in [-0.15, -0.1) is 0 Å². The minimum atomic E-state index is -0.908. The minimum Gasteiger partial charge on any atom is -0.398 e. The van der Waals surface area contributed by atoms with E-state index >= 15 is 0 Å². The molecular formula is C9H8ClFN4O. The van der Waals surface area contributed by atoms with E-state index in [1.54, 1.807) is 0 Å². The third kappa shape index (κ3) is 2.42. The number of hydrogen-bond acceptors (Lipinski definition) is 3. The van der Waals surface area contributed by atoms with Gasteiger partial charge in [0.1, 0.15) is 5.82 Å². The van der Waals surface area contributed by atoms with Crippen LogP contribution in [0.3, 0.4) is 0 Å². The highest BCUT2D eigenvalue weighted by Gasteiger charge is 2.18. The van der Waals surface area contributed by atoms with Gasteiger partial charge in [0.2, 0.25) is 0 Å². The van der Waals surface area contributed by atoms with Gasteiger partial charge in [-0.3, -0.25) is 4.79 Å². The fraction of sp³-hybridized carbons (Fsp3) is 0.222. The summed E-state index contributed by atoms with van der Waals surface area (Å²) >= 11 is 5.53. The van der Waals surface area contributed by atoms with Crippen LogP contribution in [-0.4, -0.2) is 11.8 Å². The maximum absolute atomic E-state index is 13.0. The Hall–Kier alpha value is -1.78. The highest BCUT2D eigenvalue weighted by atomic mass is 35.5. The Kier molecular flexibility index (Phi) is 3.71. The van der Waals surface area contributed by atoms with Gasteiger partial charge in [-0.25, -0.2) is 4.39 Å². The summed E-state index contributed by atoms with van der Waals surface area (Å²) < 4.78 is 13.0. The average molecular weight is 243 g/mol. The number of nitrogens with two attached hydrogens (primary N) is 1. The van der Waals surface area contributed by atoms with Crippen molar-refractivity contribution in [3.05, 3.63) is 39.0 Å². The summed E-state index contributed by atoms with van der Waals surface area (Å²) in [5.41, 5.74) is 13.7. The molecule has 0 heterocycles. The fourth-order valence-corrected chi connectivity index (χ4v) is 1.29. The first-order valence-electron chi connectivity index (χ1n) is 4.30. The molecular weight excluding hydrogens is 235 g/mol. The molecule has 0 aliphatic carbocycles. The van der Waals surface area contributed by atoms with E-state index in [-0.39, 0.29) is 16.3 Å². The zero-order valence-corrected chi connectivity index (χ0v) is 9.07. The van der Waals surface area contributed by atoms with Crippen molar-refractivity contribution in [2.24, 2.45) is 5.11 Å². The maximum atomic E-state index is 13.0. The molecule has 0 aliphatic heterocycles. The first-order chi connectivity index (χ1) is 7.47. The van der Waals surface area contributed by atoms with Gasteiger partial charge in [0, 0.05) is 16.2 Å². The number of nitrogens with zero attached hydrogens (tertiary/aromatic N) is 3. The molecule has 2 N–H and O–H groups in total. The van der Waals surface area contributed by atoms with Crippen molar-refractivity contribution in [3.63, 3.8) is 0 Å². The van der Waals surface area contributed by atoms with Crippen molar-refractivity contribution < 1.29 is 9.18 Å². The summed E-state index contributed by atoms with van der Waals surface area (Å²) in [6.07, 6.45) is 0. The predicted molar refractivity (Wildman–Crippen MR) is 58.8 cm³/mol. The third-order valence-corrected chi connectivity index (χ3v) is 2.25. The van der Waals surface area contributed by atoms with Crippen LogP contribution in [0.25, 0.3) is 10.4 Å². The van der Waals surface area contributed by atoms with Crippen LogP contribution < -0.4 is 5.73 Å². The van der Waals surface area contributed by atoms with Crippen molar-refractivity contribution in [2.45, 2.75) is 13.0 Å². The van der Waals surface area contributed by atoms with Crippen LogP contribution in [0.2, 0.25) is 5.02 Å². The van der Waals surface area contributed by atoms with Gasteiger partial charge >= 0.3 is 0 Å². The van der Waals surface area contributed by atoms with Crippen molar-refractivity contribution in [1.82, 2.24) is 0 Å². The summed E-state index contributed by atoms with van der Waals surface area (Å²) in [5.74, 6) is -1.20. The second kappa shape index (κ2) is 4.83. The second-order valence-electron chi connectivity index (χ2n) is 3.10. The Morgan fingerprint density at radius 2 is 2.31 bits per heavy atom. The lowest BCUT2D eigenvalue weighted by Gasteiger charge is -2.08. The summed E-state index contributed by atoms with van der Waals surface area (Å²) in [6, 6.07) is 1.17. The SMILES string of the molecule is CC(N=[N+]=[N-])C(=O)c1cc(Cl)c(F)cc1N. The Bertz CT molecular complexity index is 485. The smallest absolute Gasteiger partial charge is 0.173 e. The van der Waals surface area contributed by atoms with Crippen molar-refractivity contribution in [3.8, 4) is 0 Å². The van der Waals surface area contributed by atoms with Crippen LogP contribution in [0.1, 0.15) is 17.3 Å². The van der Waals surface area contributed by atoms with E-state index in [1.807, 2.05) is 0 Å². The molecule has 7 heteroatoms. The number of hydrogen-bond donors (Lipinski definition) is 1. The van der Waals surface area contributed by atoms with Crippen molar-refractivity contribution in [2.75, 3.05) is 5.73 Å². The van der Waals surface area contributed by atoms with E-state index < -0.39 is 17.6 Å². The van der Waals surface area contributed by atoms with Gasteiger partial charge < -0.3 is 5.73 Å². The normalized spacial score (nSPS) is 11.7. The Labute approximate surface area is 95.6 Å². The molecule has 1 atom stereocenters. The molecule has 1 rings (SSSR count). The molecule has 0 spiro atoms. The average Bonchev–Trinajstić information content (AvgIpc) is 2.23. The summed E-state index contributed by atoms with van der Waals surface area (Å²) in [6.45, 7) is 1.42. The molecule has 0 saturated heterocycles.